The van der Waals surface area contributed by atoms with Gasteiger partial charge in [-0.1, -0.05) is 12.2 Å². The van der Waals surface area contributed by atoms with Crippen molar-refractivity contribution < 1.29 is 19.1 Å². The summed E-state index contributed by atoms with van der Waals surface area (Å²) in [6.45, 7) is 1.61. The Kier molecular flexibility index (Phi) is 3.90. The number of allylic oxidation sites excluding steroid dienone is 2. The van der Waals surface area contributed by atoms with Gasteiger partial charge in [-0.15, -0.1) is 11.8 Å². The van der Waals surface area contributed by atoms with Crippen LogP contribution in [0.1, 0.15) is 28.8 Å². The molecule has 2 aromatic rings. The van der Waals surface area contributed by atoms with Crippen LogP contribution in [0.4, 0.5) is 0 Å². The van der Waals surface area contributed by atoms with Gasteiger partial charge in [0.15, 0.2) is 5.78 Å². The van der Waals surface area contributed by atoms with E-state index < -0.39 is 11.9 Å². The predicted molar refractivity (Wildman–Crippen MR) is 86.3 cm³/mol. The zero-order valence-electron chi connectivity index (χ0n) is 11.9. The lowest BCUT2D eigenvalue weighted by molar-refractivity contribution is -0.138. The summed E-state index contributed by atoms with van der Waals surface area (Å²) >= 11 is 1.55. The monoisotopic (exact) mass is 314 g/mol. The Morgan fingerprint density at radius 3 is 2.86 bits per heavy atom. The first-order valence-electron chi connectivity index (χ1n) is 6.84. The molecule has 1 aliphatic rings. The number of aliphatic carboxylic acids is 1. The first-order valence-corrected chi connectivity index (χ1v) is 7.89. The molecule has 0 spiro atoms. The van der Waals surface area contributed by atoms with E-state index >= 15 is 0 Å². The normalized spacial score (nSPS) is 15.6. The second kappa shape index (κ2) is 5.85. The van der Waals surface area contributed by atoms with E-state index in [2.05, 4.69) is 0 Å². The average molecular weight is 314 g/mol. The minimum absolute atomic E-state index is 0.115. The van der Waals surface area contributed by atoms with Crippen molar-refractivity contribution in [2.45, 2.75) is 12.8 Å². The van der Waals surface area contributed by atoms with Crippen molar-refractivity contribution >= 4 is 34.5 Å². The second-order valence-corrected chi connectivity index (χ2v) is 6.02. The Morgan fingerprint density at radius 1 is 1.36 bits per heavy atom. The fourth-order valence-corrected chi connectivity index (χ4v) is 3.07. The molecule has 0 radical (unpaired) electrons. The number of hydrogen-bond acceptors (Lipinski definition) is 4. The molecule has 22 heavy (non-hydrogen) atoms. The molecule has 0 aliphatic carbocycles. The number of carboxylic acids is 1. The highest BCUT2D eigenvalue weighted by Crippen LogP contribution is 2.29. The second-order valence-electron chi connectivity index (χ2n) is 5.13. The molecule has 4 nitrogen and oxygen atoms in total. The summed E-state index contributed by atoms with van der Waals surface area (Å²) < 4.78 is 5.44. The number of benzene rings is 1. The topological polar surface area (TPSA) is 67.5 Å². The summed E-state index contributed by atoms with van der Waals surface area (Å²) in [5.74, 6) is -1.11. The third-order valence-electron chi connectivity index (χ3n) is 3.69. The number of furan rings is 1. The Balaban J connectivity index is 2.13. The number of carbonyl (C=O) groups is 2. The van der Waals surface area contributed by atoms with Crippen molar-refractivity contribution in [2.24, 2.45) is 0 Å². The molecule has 1 aromatic carbocycles. The number of hydrogen-bond donors (Lipinski definition) is 1. The summed E-state index contributed by atoms with van der Waals surface area (Å²) in [7, 11) is 0. The van der Waals surface area contributed by atoms with Gasteiger partial charge in [-0.25, -0.2) is 0 Å². The predicted octanol–water partition coefficient (Wildman–Crippen LogP) is 3.99. The molecule has 1 unspecified atom stereocenters. The molecule has 1 aromatic heterocycles. The molecule has 1 atom stereocenters. The number of rotatable bonds is 4. The molecule has 0 bridgehead atoms. The maximum atomic E-state index is 12.7. The lowest BCUT2D eigenvalue weighted by Crippen LogP contribution is -2.11. The molecule has 112 valence electrons. The summed E-state index contributed by atoms with van der Waals surface area (Å²) in [5.41, 5.74) is 2.22. The van der Waals surface area contributed by atoms with E-state index in [-0.39, 0.29) is 5.78 Å². The van der Waals surface area contributed by atoms with E-state index in [0.717, 1.165) is 5.39 Å². The molecule has 2 heterocycles. The molecule has 0 saturated heterocycles. The zero-order chi connectivity index (χ0) is 15.7. The van der Waals surface area contributed by atoms with E-state index in [1.165, 1.54) is 6.26 Å². The lowest BCUT2D eigenvalue weighted by atomic mass is 9.94. The van der Waals surface area contributed by atoms with E-state index in [9.17, 15) is 14.7 Å². The number of thioether (sulfide) groups is 1. The van der Waals surface area contributed by atoms with Crippen LogP contribution >= 0.6 is 11.8 Å². The van der Waals surface area contributed by atoms with Crippen LogP contribution in [-0.2, 0) is 4.79 Å². The number of fused-ring (bicyclic) bond motifs is 1. The van der Waals surface area contributed by atoms with Crippen molar-refractivity contribution in [2.75, 3.05) is 5.75 Å². The van der Waals surface area contributed by atoms with Crippen LogP contribution in [0.25, 0.3) is 11.0 Å². The Hall–Kier alpha value is -2.27. The SMILES string of the molecule is CC(C(=O)O)c1cc(C(=O)C2=CC=CSC2)c2occc2c1. The Morgan fingerprint density at radius 2 is 2.18 bits per heavy atom. The van der Waals surface area contributed by atoms with Gasteiger partial charge < -0.3 is 9.52 Å². The van der Waals surface area contributed by atoms with Gasteiger partial charge >= 0.3 is 5.97 Å². The summed E-state index contributed by atoms with van der Waals surface area (Å²) in [4.78, 5) is 24.0. The number of carboxylic acid groups (broad SMARTS) is 1. The highest BCUT2D eigenvalue weighted by atomic mass is 32.2. The van der Waals surface area contributed by atoms with Gasteiger partial charge in [-0.2, -0.15) is 0 Å². The molecule has 0 fully saturated rings. The quantitative estimate of drug-likeness (QED) is 0.864. The molecular weight excluding hydrogens is 300 g/mol. The van der Waals surface area contributed by atoms with Gasteiger partial charge in [0.1, 0.15) is 5.58 Å². The molecule has 1 aliphatic heterocycles. The van der Waals surface area contributed by atoms with Crippen LogP contribution in [0, 0.1) is 0 Å². The van der Waals surface area contributed by atoms with Gasteiger partial charge in [0.2, 0.25) is 0 Å². The minimum atomic E-state index is -0.920. The van der Waals surface area contributed by atoms with E-state index in [1.807, 2.05) is 11.5 Å². The van der Waals surface area contributed by atoms with Gasteiger partial charge in [-0.3, -0.25) is 9.59 Å². The van der Waals surface area contributed by atoms with Crippen molar-refractivity contribution in [3.8, 4) is 0 Å². The molecule has 0 saturated carbocycles. The number of ketones is 1. The van der Waals surface area contributed by atoms with Crippen molar-refractivity contribution in [3.63, 3.8) is 0 Å². The Bertz CT molecular complexity index is 813. The molecule has 3 rings (SSSR count). The first kappa shape index (κ1) is 14.7. The molecule has 1 N–H and O–H groups in total. The minimum Gasteiger partial charge on any atom is -0.481 e. The lowest BCUT2D eigenvalue weighted by Gasteiger charge is -2.12. The van der Waals surface area contributed by atoms with Crippen molar-refractivity contribution in [3.05, 3.63) is 58.7 Å². The Labute approximate surface area is 131 Å². The van der Waals surface area contributed by atoms with Crippen LogP contribution < -0.4 is 0 Å². The third-order valence-corrected chi connectivity index (χ3v) is 4.52. The van der Waals surface area contributed by atoms with Gasteiger partial charge in [0.25, 0.3) is 0 Å². The zero-order valence-corrected chi connectivity index (χ0v) is 12.7. The van der Waals surface area contributed by atoms with Crippen molar-refractivity contribution in [1.82, 2.24) is 0 Å². The van der Waals surface area contributed by atoms with Gasteiger partial charge in [-0.05, 0) is 36.1 Å². The van der Waals surface area contributed by atoms with Crippen molar-refractivity contribution in [1.29, 1.82) is 0 Å². The number of carbonyl (C=O) groups excluding carboxylic acids is 1. The van der Waals surface area contributed by atoms with Crippen LogP contribution in [0.15, 0.2) is 52.0 Å². The summed E-state index contributed by atoms with van der Waals surface area (Å²) in [6.07, 6.45) is 5.14. The maximum absolute atomic E-state index is 12.7. The van der Waals surface area contributed by atoms with E-state index in [1.54, 1.807) is 43.0 Å². The number of Topliss-reactive ketones (excluding diaryl/α,β-unsaturated/α-hetero) is 1. The fraction of sp³-hybridized carbons (Fsp3) is 0.176. The summed E-state index contributed by atoms with van der Waals surface area (Å²) in [5, 5.41) is 11.9. The molecule has 0 amide bonds. The molecular formula is C17H14O4S. The van der Waals surface area contributed by atoms with E-state index in [4.69, 9.17) is 4.42 Å². The molecule has 5 heteroatoms. The first-order chi connectivity index (χ1) is 10.6. The largest absolute Gasteiger partial charge is 0.481 e. The van der Waals surface area contributed by atoms with Gasteiger partial charge in [0.05, 0.1) is 17.7 Å². The highest BCUT2D eigenvalue weighted by molar-refractivity contribution is 8.02. The average Bonchev–Trinajstić information content (AvgIpc) is 3.01. The smallest absolute Gasteiger partial charge is 0.310 e. The van der Waals surface area contributed by atoms with E-state index in [0.29, 0.717) is 28.0 Å². The van der Waals surface area contributed by atoms with Crippen LogP contribution in [0.2, 0.25) is 0 Å². The highest BCUT2D eigenvalue weighted by Gasteiger charge is 2.22. The van der Waals surface area contributed by atoms with Gasteiger partial charge in [0, 0.05) is 16.7 Å². The fourth-order valence-electron chi connectivity index (χ4n) is 2.38. The van der Waals surface area contributed by atoms with Crippen LogP contribution in [0.5, 0.6) is 0 Å². The standard InChI is InChI=1S/C17H14O4S/c1-10(17(19)20)13-7-11-4-5-21-16(11)14(8-13)15(18)12-3-2-6-22-9-12/h2-8,10H,9H2,1H3,(H,19,20). The third kappa shape index (κ3) is 2.60. The van der Waals surface area contributed by atoms with Crippen LogP contribution in [0.3, 0.4) is 0 Å². The maximum Gasteiger partial charge on any atom is 0.310 e. The van der Waals surface area contributed by atoms with Crippen LogP contribution in [-0.4, -0.2) is 22.6 Å². The summed E-state index contributed by atoms with van der Waals surface area (Å²) in [6, 6.07) is 5.14.